The minimum absolute atomic E-state index is 0.0299. The van der Waals surface area contributed by atoms with Gasteiger partial charge >= 0.3 is 0 Å². The molecule has 0 unspecified atom stereocenters. The third-order valence-electron chi connectivity index (χ3n) is 3.21. The average Bonchev–Trinajstić information content (AvgIpc) is 2.72. The summed E-state index contributed by atoms with van der Waals surface area (Å²) in [4.78, 5) is 0.0299. The molecule has 0 radical (unpaired) electrons. The van der Waals surface area contributed by atoms with E-state index in [1.807, 2.05) is 24.3 Å². The van der Waals surface area contributed by atoms with Crippen LogP contribution in [-0.4, -0.2) is 31.9 Å². The lowest BCUT2D eigenvalue weighted by Gasteiger charge is -2.07. The Kier molecular flexibility index (Phi) is 5.10. The van der Waals surface area contributed by atoms with Crippen molar-refractivity contribution in [2.75, 3.05) is 13.7 Å². The summed E-state index contributed by atoms with van der Waals surface area (Å²) in [7, 11) is -0.489. The van der Waals surface area contributed by atoms with Gasteiger partial charge in [0.2, 0.25) is 10.0 Å². The van der Waals surface area contributed by atoms with Crippen molar-refractivity contribution < 1.29 is 13.2 Å². The number of methoxy groups -OCH3 is 1. The molecule has 0 aliphatic heterocycles. The van der Waals surface area contributed by atoms with Crippen molar-refractivity contribution in [3.8, 4) is 5.75 Å². The summed E-state index contributed by atoms with van der Waals surface area (Å²) in [5.74, 6) is 0.742. The van der Waals surface area contributed by atoms with Crippen LogP contribution in [0.25, 0.3) is 0 Å². The maximum atomic E-state index is 12.3. The number of halogens is 1. The number of sulfonamides is 1. The molecular formula is C14H18ClN3O3S. The van der Waals surface area contributed by atoms with E-state index in [1.54, 1.807) is 21.1 Å². The first kappa shape index (κ1) is 16.8. The van der Waals surface area contributed by atoms with E-state index in [1.165, 1.54) is 4.68 Å². The van der Waals surface area contributed by atoms with E-state index in [0.717, 1.165) is 11.3 Å². The van der Waals surface area contributed by atoms with Crippen LogP contribution in [0.5, 0.6) is 5.75 Å². The normalized spacial score (nSPS) is 11.6. The number of benzene rings is 1. The van der Waals surface area contributed by atoms with Gasteiger partial charge in [0.25, 0.3) is 0 Å². The first-order valence-corrected chi connectivity index (χ1v) is 8.53. The number of rotatable bonds is 6. The van der Waals surface area contributed by atoms with E-state index < -0.39 is 10.0 Å². The van der Waals surface area contributed by atoms with E-state index >= 15 is 0 Å². The lowest BCUT2D eigenvalue weighted by Crippen LogP contribution is -2.26. The maximum Gasteiger partial charge on any atom is 0.245 e. The third kappa shape index (κ3) is 3.60. The minimum atomic E-state index is -3.68. The lowest BCUT2D eigenvalue weighted by atomic mass is 10.1. The molecule has 1 N–H and O–H groups in total. The Morgan fingerprint density at radius 3 is 2.73 bits per heavy atom. The highest BCUT2D eigenvalue weighted by molar-refractivity contribution is 7.89. The predicted octanol–water partition coefficient (Wildman–Crippen LogP) is 1.91. The molecule has 1 aromatic heterocycles. The predicted molar refractivity (Wildman–Crippen MR) is 84.8 cm³/mol. The van der Waals surface area contributed by atoms with E-state index in [2.05, 4.69) is 9.82 Å². The fourth-order valence-corrected chi connectivity index (χ4v) is 3.92. The molecule has 1 heterocycles. The van der Waals surface area contributed by atoms with E-state index in [9.17, 15) is 8.42 Å². The Hall–Kier alpha value is -1.57. The number of aromatic nitrogens is 2. The topological polar surface area (TPSA) is 73.2 Å². The van der Waals surface area contributed by atoms with Crippen LogP contribution in [0, 0.1) is 6.92 Å². The van der Waals surface area contributed by atoms with Crippen molar-refractivity contribution in [2.24, 2.45) is 7.05 Å². The first-order valence-electron chi connectivity index (χ1n) is 6.67. The molecular weight excluding hydrogens is 326 g/mol. The van der Waals surface area contributed by atoms with Crippen molar-refractivity contribution in [3.63, 3.8) is 0 Å². The number of hydrogen-bond donors (Lipinski definition) is 1. The third-order valence-corrected chi connectivity index (χ3v) is 5.36. The van der Waals surface area contributed by atoms with Crippen LogP contribution >= 0.6 is 11.6 Å². The number of nitrogens with one attached hydrogen (secondary N) is 1. The summed E-state index contributed by atoms with van der Waals surface area (Å²) < 4.78 is 33.7. The van der Waals surface area contributed by atoms with Gasteiger partial charge in [-0.1, -0.05) is 23.7 Å². The van der Waals surface area contributed by atoms with Crippen molar-refractivity contribution >= 4 is 21.6 Å². The zero-order valence-corrected chi connectivity index (χ0v) is 14.2. The molecule has 0 spiro atoms. The lowest BCUT2D eigenvalue weighted by molar-refractivity contribution is 0.414. The zero-order chi connectivity index (χ0) is 16.3. The molecule has 120 valence electrons. The van der Waals surface area contributed by atoms with Gasteiger partial charge in [0.1, 0.15) is 15.8 Å². The Bertz CT molecular complexity index is 772. The number of ether oxygens (including phenoxy) is 1. The maximum absolute atomic E-state index is 12.3. The van der Waals surface area contributed by atoms with Crippen LogP contribution in [0.4, 0.5) is 0 Å². The molecule has 22 heavy (non-hydrogen) atoms. The fraction of sp³-hybridized carbons (Fsp3) is 0.357. The molecule has 0 aliphatic rings. The summed E-state index contributed by atoms with van der Waals surface area (Å²) in [6.45, 7) is 1.88. The standard InChI is InChI=1S/C14H18ClN3O3S/c1-10-13(14(15)18(2)17-10)22(19,20)16-8-7-11-5-4-6-12(9-11)21-3/h4-6,9,16H,7-8H2,1-3H3. The first-order chi connectivity index (χ1) is 10.3. The summed E-state index contributed by atoms with van der Waals surface area (Å²) in [5.41, 5.74) is 1.36. The van der Waals surface area contributed by atoms with E-state index in [-0.39, 0.29) is 16.6 Å². The average molecular weight is 344 g/mol. The van der Waals surface area contributed by atoms with Crippen LogP contribution in [0.3, 0.4) is 0 Å². The molecule has 8 heteroatoms. The zero-order valence-electron chi connectivity index (χ0n) is 12.6. The van der Waals surface area contributed by atoms with Crippen molar-refractivity contribution in [2.45, 2.75) is 18.2 Å². The highest BCUT2D eigenvalue weighted by Crippen LogP contribution is 2.23. The van der Waals surface area contributed by atoms with Gasteiger partial charge in [0.15, 0.2) is 0 Å². The largest absolute Gasteiger partial charge is 0.497 e. The SMILES string of the molecule is COc1cccc(CCNS(=O)(=O)c2c(C)nn(C)c2Cl)c1. The minimum Gasteiger partial charge on any atom is -0.497 e. The van der Waals surface area contributed by atoms with Gasteiger partial charge in [-0.15, -0.1) is 0 Å². The second kappa shape index (κ2) is 6.68. The van der Waals surface area contributed by atoms with Crippen LogP contribution in [-0.2, 0) is 23.5 Å². The quantitative estimate of drug-likeness (QED) is 0.869. The van der Waals surface area contributed by atoms with E-state index in [0.29, 0.717) is 12.1 Å². The second-order valence-electron chi connectivity index (χ2n) is 4.83. The molecule has 2 aromatic rings. The van der Waals surface area contributed by atoms with Crippen LogP contribution in [0.2, 0.25) is 5.15 Å². The molecule has 0 bridgehead atoms. The number of hydrogen-bond acceptors (Lipinski definition) is 4. The monoisotopic (exact) mass is 343 g/mol. The number of aryl methyl sites for hydroxylation is 2. The summed E-state index contributed by atoms with van der Waals surface area (Å²) >= 11 is 6.00. The van der Waals surface area contributed by atoms with Gasteiger partial charge in [0, 0.05) is 13.6 Å². The van der Waals surface area contributed by atoms with Gasteiger partial charge < -0.3 is 4.74 Å². The smallest absolute Gasteiger partial charge is 0.245 e. The Balaban J connectivity index is 2.07. The van der Waals surface area contributed by atoms with Crippen LogP contribution in [0.15, 0.2) is 29.2 Å². The van der Waals surface area contributed by atoms with Crippen molar-refractivity contribution in [1.29, 1.82) is 0 Å². The van der Waals surface area contributed by atoms with Gasteiger partial charge in [0.05, 0.1) is 12.8 Å². The molecule has 0 amide bonds. The summed E-state index contributed by atoms with van der Waals surface area (Å²) in [6.07, 6.45) is 0.549. The molecule has 0 saturated heterocycles. The highest BCUT2D eigenvalue weighted by Gasteiger charge is 2.24. The number of nitrogens with zero attached hydrogens (tertiary/aromatic N) is 2. The Labute approximate surface area is 135 Å². The molecule has 1 aromatic carbocycles. The fourth-order valence-electron chi connectivity index (χ4n) is 2.15. The highest BCUT2D eigenvalue weighted by atomic mass is 35.5. The van der Waals surface area contributed by atoms with Gasteiger partial charge in [-0.2, -0.15) is 5.10 Å². The molecule has 0 fully saturated rings. The molecule has 0 atom stereocenters. The summed E-state index contributed by atoms with van der Waals surface area (Å²) in [5, 5.41) is 4.12. The van der Waals surface area contributed by atoms with Crippen molar-refractivity contribution in [3.05, 3.63) is 40.7 Å². The molecule has 6 nitrogen and oxygen atoms in total. The molecule has 0 aliphatic carbocycles. The Morgan fingerprint density at radius 2 is 2.14 bits per heavy atom. The molecule has 2 rings (SSSR count). The van der Waals surface area contributed by atoms with Crippen molar-refractivity contribution in [1.82, 2.24) is 14.5 Å². The van der Waals surface area contributed by atoms with Crippen LogP contribution < -0.4 is 9.46 Å². The summed E-state index contributed by atoms with van der Waals surface area (Å²) in [6, 6.07) is 7.49. The van der Waals surface area contributed by atoms with Crippen LogP contribution in [0.1, 0.15) is 11.3 Å². The molecule has 0 saturated carbocycles. The van der Waals surface area contributed by atoms with Gasteiger partial charge in [-0.25, -0.2) is 13.1 Å². The van der Waals surface area contributed by atoms with E-state index in [4.69, 9.17) is 16.3 Å². The van der Waals surface area contributed by atoms with Gasteiger partial charge in [-0.05, 0) is 31.0 Å². The van der Waals surface area contributed by atoms with Gasteiger partial charge in [-0.3, -0.25) is 4.68 Å². The Morgan fingerprint density at radius 1 is 1.41 bits per heavy atom. The second-order valence-corrected chi connectivity index (χ2v) is 6.89.